The number of hydrogen-bond donors (Lipinski definition) is 3. The Hall–Kier alpha value is -3.02. The average molecular weight is 388 g/mol. The predicted molar refractivity (Wildman–Crippen MR) is 107 cm³/mol. The second-order valence-electron chi connectivity index (χ2n) is 6.27. The Morgan fingerprint density at radius 2 is 1.43 bits per heavy atom. The van der Waals surface area contributed by atoms with Crippen LogP contribution in [0, 0.1) is 0 Å². The molecule has 0 radical (unpaired) electrons. The fraction of sp³-hybridized carbons (Fsp3) is 0.364. The van der Waals surface area contributed by atoms with Crippen LogP contribution in [0.5, 0.6) is 11.5 Å². The number of benzene rings is 2. The van der Waals surface area contributed by atoms with E-state index in [2.05, 4.69) is 6.92 Å². The van der Waals surface area contributed by atoms with Gasteiger partial charge in [0.25, 0.3) is 0 Å². The summed E-state index contributed by atoms with van der Waals surface area (Å²) >= 11 is 0. The number of hydrogen-bond acceptors (Lipinski definition) is 5. The van der Waals surface area contributed by atoms with Gasteiger partial charge in [-0.2, -0.15) is 0 Å². The van der Waals surface area contributed by atoms with Crippen molar-refractivity contribution in [3.63, 3.8) is 0 Å². The zero-order valence-corrected chi connectivity index (χ0v) is 16.3. The summed E-state index contributed by atoms with van der Waals surface area (Å²) in [4.78, 5) is 22.1. The third kappa shape index (κ3) is 7.70. The molecule has 0 aliphatic rings. The van der Waals surface area contributed by atoms with E-state index in [4.69, 9.17) is 14.9 Å². The first kappa shape index (κ1) is 23.0. The molecule has 0 heterocycles. The number of esters is 1. The van der Waals surface area contributed by atoms with Gasteiger partial charge in [-0.25, -0.2) is 9.59 Å². The minimum Gasteiger partial charge on any atom is -0.507 e. The van der Waals surface area contributed by atoms with E-state index in [0.29, 0.717) is 0 Å². The summed E-state index contributed by atoms with van der Waals surface area (Å²) < 4.78 is 5.41. The summed E-state index contributed by atoms with van der Waals surface area (Å²) in [5.41, 5.74) is 0.175. The third-order valence-corrected chi connectivity index (χ3v) is 4.12. The largest absolute Gasteiger partial charge is 0.507 e. The van der Waals surface area contributed by atoms with Crippen molar-refractivity contribution in [2.75, 3.05) is 0 Å². The Balaban J connectivity index is 0.000000330. The lowest BCUT2D eigenvalue weighted by atomic mass is 10.1. The molecule has 2 rings (SSSR count). The van der Waals surface area contributed by atoms with E-state index in [1.54, 1.807) is 30.3 Å². The predicted octanol–water partition coefficient (Wildman–Crippen LogP) is 5.00. The minimum absolute atomic E-state index is 0.0223. The Kier molecular flexibility index (Phi) is 10.2. The van der Waals surface area contributed by atoms with Gasteiger partial charge in [-0.15, -0.1) is 0 Å². The van der Waals surface area contributed by atoms with Crippen LogP contribution in [0.25, 0.3) is 0 Å². The molecule has 0 spiro atoms. The first-order valence-electron chi connectivity index (χ1n) is 9.40. The molecule has 0 aliphatic carbocycles. The molecule has 0 amide bonds. The maximum atomic E-state index is 11.9. The monoisotopic (exact) mass is 388 g/mol. The van der Waals surface area contributed by atoms with E-state index in [1.807, 2.05) is 6.92 Å². The van der Waals surface area contributed by atoms with Crippen LogP contribution >= 0.6 is 0 Å². The SMILES string of the molecule is CCCCCC(CC)OC(=O)c1ccccc1O.O=C(O)c1ccccc1O. The molecule has 1 unspecified atom stereocenters. The highest BCUT2D eigenvalue weighted by atomic mass is 16.5. The number of aromatic hydroxyl groups is 2. The highest BCUT2D eigenvalue weighted by molar-refractivity contribution is 5.92. The normalized spacial score (nSPS) is 11.1. The number of carbonyl (C=O) groups is 2. The van der Waals surface area contributed by atoms with Crippen LogP contribution in [0.4, 0.5) is 0 Å². The number of unbranched alkanes of at least 4 members (excludes halogenated alkanes) is 2. The van der Waals surface area contributed by atoms with Crippen molar-refractivity contribution >= 4 is 11.9 Å². The van der Waals surface area contributed by atoms with Gasteiger partial charge in [0.1, 0.15) is 28.7 Å². The van der Waals surface area contributed by atoms with E-state index in [-0.39, 0.29) is 28.7 Å². The first-order valence-corrected chi connectivity index (χ1v) is 9.40. The summed E-state index contributed by atoms with van der Waals surface area (Å²) in [7, 11) is 0. The zero-order valence-electron chi connectivity index (χ0n) is 16.3. The average Bonchev–Trinajstić information content (AvgIpc) is 2.68. The molecule has 2 aromatic carbocycles. The van der Waals surface area contributed by atoms with Crippen molar-refractivity contribution < 1.29 is 29.6 Å². The van der Waals surface area contributed by atoms with Crippen molar-refractivity contribution in [1.29, 1.82) is 0 Å². The number of phenols is 2. The summed E-state index contributed by atoms with van der Waals surface area (Å²) in [5, 5.41) is 26.9. The summed E-state index contributed by atoms with van der Waals surface area (Å²) in [5.74, 6) is -1.77. The summed E-state index contributed by atoms with van der Waals surface area (Å²) in [6, 6.07) is 12.3. The molecule has 6 nitrogen and oxygen atoms in total. The molecule has 0 aromatic heterocycles. The fourth-order valence-electron chi connectivity index (χ4n) is 2.48. The molecule has 28 heavy (non-hydrogen) atoms. The molecule has 2 aromatic rings. The molecule has 152 valence electrons. The topological polar surface area (TPSA) is 104 Å². The van der Waals surface area contributed by atoms with Gasteiger partial charge >= 0.3 is 11.9 Å². The Morgan fingerprint density at radius 1 is 0.893 bits per heavy atom. The maximum Gasteiger partial charge on any atom is 0.342 e. The summed E-state index contributed by atoms with van der Waals surface area (Å²) in [6.45, 7) is 4.16. The molecule has 0 saturated carbocycles. The second-order valence-corrected chi connectivity index (χ2v) is 6.27. The number of carboxylic acid groups (broad SMARTS) is 1. The molecule has 0 saturated heterocycles. The fourth-order valence-corrected chi connectivity index (χ4v) is 2.48. The van der Waals surface area contributed by atoms with Crippen molar-refractivity contribution in [1.82, 2.24) is 0 Å². The van der Waals surface area contributed by atoms with Gasteiger partial charge < -0.3 is 20.1 Å². The van der Waals surface area contributed by atoms with Gasteiger partial charge in [-0.1, -0.05) is 51.0 Å². The van der Waals surface area contributed by atoms with Gasteiger partial charge in [-0.3, -0.25) is 0 Å². The lowest BCUT2D eigenvalue weighted by molar-refractivity contribution is 0.0264. The van der Waals surface area contributed by atoms with E-state index in [0.717, 1.165) is 32.1 Å². The summed E-state index contributed by atoms with van der Waals surface area (Å²) in [6.07, 6.45) is 5.04. The highest BCUT2D eigenvalue weighted by Gasteiger charge is 2.16. The number of rotatable bonds is 8. The number of carboxylic acids is 1. The molecular weight excluding hydrogens is 360 g/mol. The molecule has 0 aliphatic heterocycles. The molecule has 6 heteroatoms. The van der Waals surface area contributed by atoms with Crippen LogP contribution in [0.3, 0.4) is 0 Å². The Labute approximate surface area is 165 Å². The van der Waals surface area contributed by atoms with E-state index in [1.165, 1.54) is 18.2 Å². The van der Waals surface area contributed by atoms with E-state index < -0.39 is 11.9 Å². The second kappa shape index (κ2) is 12.4. The van der Waals surface area contributed by atoms with Gasteiger partial charge in [0.2, 0.25) is 0 Å². The van der Waals surface area contributed by atoms with Crippen molar-refractivity contribution in [3.8, 4) is 11.5 Å². The van der Waals surface area contributed by atoms with Crippen LogP contribution < -0.4 is 0 Å². The van der Waals surface area contributed by atoms with Gasteiger partial charge in [-0.05, 0) is 43.5 Å². The van der Waals surface area contributed by atoms with Gasteiger partial charge in [0.05, 0.1) is 0 Å². The van der Waals surface area contributed by atoms with Crippen LogP contribution in [0.15, 0.2) is 48.5 Å². The number of phenolic OH excluding ortho intramolecular Hbond substituents is 1. The smallest absolute Gasteiger partial charge is 0.342 e. The lowest BCUT2D eigenvalue weighted by Gasteiger charge is -2.16. The maximum absolute atomic E-state index is 11.9. The van der Waals surface area contributed by atoms with Gasteiger partial charge in [0, 0.05) is 0 Å². The van der Waals surface area contributed by atoms with E-state index in [9.17, 15) is 14.7 Å². The molecule has 0 bridgehead atoms. The van der Waals surface area contributed by atoms with Crippen LogP contribution in [0.1, 0.15) is 66.7 Å². The Bertz CT molecular complexity index is 756. The highest BCUT2D eigenvalue weighted by Crippen LogP contribution is 2.19. The Morgan fingerprint density at radius 3 is 1.86 bits per heavy atom. The van der Waals surface area contributed by atoms with Crippen LogP contribution in [0.2, 0.25) is 0 Å². The van der Waals surface area contributed by atoms with Crippen LogP contribution in [-0.2, 0) is 4.74 Å². The number of aromatic carboxylic acids is 1. The number of carbonyl (C=O) groups excluding carboxylic acids is 1. The number of para-hydroxylation sites is 2. The minimum atomic E-state index is -1.11. The quantitative estimate of drug-likeness (QED) is 0.434. The molecule has 1 atom stereocenters. The van der Waals surface area contributed by atoms with Crippen molar-refractivity contribution in [3.05, 3.63) is 59.7 Å². The first-order chi connectivity index (χ1) is 13.4. The van der Waals surface area contributed by atoms with Crippen molar-refractivity contribution in [2.45, 2.75) is 52.1 Å². The third-order valence-electron chi connectivity index (χ3n) is 4.12. The number of ether oxygens (including phenoxy) is 1. The van der Waals surface area contributed by atoms with Gasteiger partial charge in [0.15, 0.2) is 0 Å². The lowest BCUT2D eigenvalue weighted by Crippen LogP contribution is -2.17. The molecule has 0 fully saturated rings. The zero-order chi connectivity index (χ0) is 20.9. The van der Waals surface area contributed by atoms with Crippen LogP contribution in [-0.4, -0.2) is 33.4 Å². The molecular formula is C22H28O6. The van der Waals surface area contributed by atoms with Crippen molar-refractivity contribution in [2.24, 2.45) is 0 Å². The molecule has 3 N–H and O–H groups in total. The standard InChI is InChI=1S/C15H22O3.C7H6O3/c1-3-5-6-9-12(4-2)18-15(17)13-10-7-8-11-14(13)16;8-6-4-2-1-3-5(6)7(9)10/h7-8,10-12,16H,3-6,9H2,1-2H3;1-4,8H,(H,9,10). The van der Waals surface area contributed by atoms with E-state index >= 15 is 0 Å².